The van der Waals surface area contributed by atoms with Crippen molar-refractivity contribution < 1.29 is 0 Å². The maximum atomic E-state index is 3.60. The normalized spacial score (nSPS) is 16.5. The van der Waals surface area contributed by atoms with E-state index in [1.165, 1.54) is 19.3 Å². The lowest BCUT2D eigenvalue weighted by Gasteiger charge is -2.26. The van der Waals surface area contributed by atoms with E-state index in [1.807, 2.05) is 0 Å². The summed E-state index contributed by atoms with van der Waals surface area (Å²) in [4.78, 5) is 0. The fourth-order valence-electron chi connectivity index (χ4n) is 1.80. The fourth-order valence-corrected chi connectivity index (χ4v) is 1.80. The van der Waals surface area contributed by atoms with Crippen molar-refractivity contribution in [1.82, 2.24) is 5.32 Å². The molecule has 1 nitrogen and oxygen atoms in total. The molecule has 0 aromatic rings. The van der Waals surface area contributed by atoms with Crippen LogP contribution in [0, 0.1) is 17.8 Å². The standard InChI is InChI=1S/C15H33N/c1-12(2)9-8-10-13(3)14(4)11-16-15(5,6)7/h12-14,16H,8-11H2,1-7H3. The Morgan fingerprint density at radius 3 is 1.88 bits per heavy atom. The maximum absolute atomic E-state index is 3.60. The van der Waals surface area contributed by atoms with Crippen molar-refractivity contribution in [3.8, 4) is 0 Å². The van der Waals surface area contributed by atoms with Crippen LogP contribution in [-0.4, -0.2) is 12.1 Å². The molecule has 0 saturated heterocycles. The van der Waals surface area contributed by atoms with Gasteiger partial charge in [-0.2, -0.15) is 0 Å². The molecule has 0 aliphatic rings. The van der Waals surface area contributed by atoms with Crippen molar-refractivity contribution in [3.63, 3.8) is 0 Å². The van der Waals surface area contributed by atoms with E-state index in [0.717, 1.165) is 24.3 Å². The van der Waals surface area contributed by atoms with Crippen molar-refractivity contribution in [2.24, 2.45) is 17.8 Å². The molecule has 0 bridgehead atoms. The first-order valence-electron chi connectivity index (χ1n) is 6.97. The molecule has 0 heterocycles. The van der Waals surface area contributed by atoms with E-state index < -0.39 is 0 Å². The summed E-state index contributed by atoms with van der Waals surface area (Å²) >= 11 is 0. The molecule has 0 aromatic carbocycles. The Labute approximate surface area is 103 Å². The van der Waals surface area contributed by atoms with E-state index in [0.29, 0.717) is 0 Å². The zero-order valence-corrected chi connectivity index (χ0v) is 12.6. The van der Waals surface area contributed by atoms with Gasteiger partial charge in [0.1, 0.15) is 0 Å². The number of nitrogens with one attached hydrogen (secondary N) is 1. The topological polar surface area (TPSA) is 12.0 Å². The SMILES string of the molecule is CC(C)CCCC(C)C(C)CNC(C)(C)C. The second-order valence-corrected chi connectivity index (χ2v) is 6.91. The average Bonchev–Trinajstić information content (AvgIpc) is 2.12. The summed E-state index contributed by atoms with van der Waals surface area (Å²) in [5.74, 6) is 2.48. The number of hydrogen-bond donors (Lipinski definition) is 1. The zero-order chi connectivity index (χ0) is 12.8. The molecule has 16 heavy (non-hydrogen) atoms. The molecule has 0 amide bonds. The van der Waals surface area contributed by atoms with Crippen LogP contribution in [0.5, 0.6) is 0 Å². The van der Waals surface area contributed by atoms with Crippen molar-refractivity contribution >= 4 is 0 Å². The lowest BCUT2D eigenvalue weighted by molar-refractivity contribution is 0.298. The Bertz CT molecular complexity index is 167. The third-order valence-electron chi connectivity index (χ3n) is 3.37. The van der Waals surface area contributed by atoms with E-state index in [9.17, 15) is 0 Å². The smallest absolute Gasteiger partial charge is 0.00966 e. The minimum absolute atomic E-state index is 0.256. The summed E-state index contributed by atoms with van der Waals surface area (Å²) < 4.78 is 0. The van der Waals surface area contributed by atoms with Gasteiger partial charge in [0.15, 0.2) is 0 Å². The van der Waals surface area contributed by atoms with E-state index in [2.05, 4.69) is 53.8 Å². The second kappa shape index (κ2) is 7.32. The molecular weight excluding hydrogens is 194 g/mol. The average molecular weight is 227 g/mol. The molecule has 0 aliphatic carbocycles. The molecule has 2 unspecified atom stereocenters. The first kappa shape index (κ1) is 16.0. The molecule has 0 rings (SSSR count). The van der Waals surface area contributed by atoms with Crippen LogP contribution in [0.3, 0.4) is 0 Å². The minimum atomic E-state index is 0.256. The second-order valence-electron chi connectivity index (χ2n) is 6.91. The van der Waals surface area contributed by atoms with Gasteiger partial charge in [0, 0.05) is 5.54 Å². The predicted molar refractivity (Wildman–Crippen MR) is 74.8 cm³/mol. The van der Waals surface area contributed by atoms with Crippen LogP contribution in [-0.2, 0) is 0 Å². The van der Waals surface area contributed by atoms with Crippen LogP contribution in [0.2, 0.25) is 0 Å². The zero-order valence-electron chi connectivity index (χ0n) is 12.6. The number of hydrogen-bond acceptors (Lipinski definition) is 1. The third-order valence-corrected chi connectivity index (χ3v) is 3.37. The molecule has 0 fully saturated rings. The molecule has 0 aliphatic heterocycles. The van der Waals surface area contributed by atoms with E-state index >= 15 is 0 Å². The highest BCUT2D eigenvalue weighted by atomic mass is 14.9. The van der Waals surface area contributed by atoms with Crippen molar-refractivity contribution in [2.75, 3.05) is 6.54 Å². The summed E-state index contributed by atoms with van der Waals surface area (Å²) in [5, 5.41) is 3.60. The Hall–Kier alpha value is -0.0400. The molecular formula is C15H33N. The van der Waals surface area contributed by atoms with E-state index in [-0.39, 0.29) is 5.54 Å². The monoisotopic (exact) mass is 227 g/mol. The predicted octanol–water partition coefficient (Wildman–Crippen LogP) is 4.47. The molecule has 0 aromatic heterocycles. The van der Waals surface area contributed by atoms with Crippen molar-refractivity contribution in [2.45, 2.75) is 73.3 Å². The molecule has 1 N–H and O–H groups in total. The highest BCUT2D eigenvalue weighted by Crippen LogP contribution is 2.19. The van der Waals surface area contributed by atoms with Gasteiger partial charge in [-0.15, -0.1) is 0 Å². The highest BCUT2D eigenvalue weighted by molar-refractivity contribution is 4.73. The molecule has 0 saturated carbocycles. The van der Waals surface area contributed by atoms with Gasteiger partial charge in [-0.05, 0) is 45.1 Å². The van der Waals surface area contributed by atoms with Gasteiger partial charge in [0.25, 0.3) is 0 Å². The first-order chi connectivity index (χ1) is 7.22. The molecule has 1 heteroatoms. The lowest BCUT2D eigenvalue weighted by Crippen LogP contribution is -2.39. The summed E-state index contributed by atoms with van der Waals surface area (Å²) in [5.41, 5.74) is 0.256. The van der Waals surface area contributed by atoms with Gasteiger partial charge < -0.3 is 5.32 Å². The van der Waals surface area contributed by atoms with E-state index in [1.54, 1.807) is 0 Å². The molecule has 0 radical (unpaired) electrons. The summed E-state index contributed by atoms with van der Waals surface area (Å²) in [7, 11) is 0. The van der Waals surface area contributed by atoms with Crippen molar-refractivity contribution in [3.05, 3.63) is 0 Å². The van der Waals surface area contributed by atoms with Gasteiger partial charge >= 0.3 is 0 Å². The van der Waals surface area contributed by atoms with Crippen LogP contribution in [0.15, 0.2) is 0 Å². The van der Waals surface area contributed by atoms with Gasteiger partial charge in [0.2, 0.25) is 0 Å². The lowest BCUT2D eigenvalue weighted by atomic mass is 9.89. The van der Waals surface area contributed by atoms with Gasteiger partial charge in [-0.3, -0.25) is 0 Å². The van der Waals surface area contributed by atoms with Crippen LogP contribution in [0.25, 0.3) is 0 Å². The molecule has 0 spiro atoms. The first-order valence-corrected chi connectivity index (χ1v) is 6.97. The Kier molecular flexibility index (Phi) is 7.30. The largest absolute Gasteiger partial charge is 0.312 e. The Balaban J connectivity index is 3.69. The third kappa shape index (κ3) is 9.21. The number of rotatable bonds is 7. The maximum Gasteiger partial charge on any atom is 0.00966 e. The molecule has 2 atom stereocenters. The summed E-state index contributed by atoms with van der Waals surface area (Å²) in [6, 6.07) is 0. The van der Waals surface area contributed by atoms with Crippen molar-refractivity contribution in [1.29, 1.82) is 0 Å². The Morgan fingerprint density at radius 1 is 0.875 bits per heavy atom. The van der Waals surface area contributed by atoms with Crippen LogP contribution in [0.4, 0.5) is 0 Å². The van der Waals surface area contributed by atoms with Gasteiger partial charge in [-0.1, -0.05) is 47.0 Å². The highest BCUT2D eigenvalue weighted by Gasteiger charge is 2.15. The Morgan fingerprint density at radius 2 is 1.44 bits per heavy atom. The summed E-state index contributed by atoms with van der Waals surface area (Å²) in [6.07, 6.45) is 4.15. The van der Waals surface area contributed by atoms with Gasteiger partial charge in [-0.25, -0.2) is 0 Å². The quantitative estimate of drug-likeness (QED) is 0.676. The van der Waals surface area contributed by atoms with Crippen LogP contribution >= 0.6 is 0 Å². The summed E-state index contributed by atoms with van der Waals surface area (Å²) in [6.45, 7) is 17.3. The van der Waals surface area contributed by atoms with E-state index in [4.69, 9.17) is 0 Å². The minimum Gasteiger partial charge on any atom is -0.312 e. The molecule has 98 valence electrons. The fraction of sp³-hybridized carbons (Fsp3) is 1.00. The van der Waals surface area contributed by atoms with Crippen LogP contribution < -0.4 is 5.32 Å². The van der Waals surface area contributed by atoms with Crippen LogP contribution in [0.1, 0.15) is 67.7 Å². The van der Waals surface area contributed by atoms with Gasteiger partial charge in [0.05, 0.1) is 0 Å².